The number of carbonyl (C=O) groups excluding carboxylic acids is 1. The number of nitrogens with one attached hydrogen (secondary N) is 1. The lowest BCUT2D eigenvalue weighted by atomic mass is 9.94. The molecule has 1 aliphatic heterocycles. The molecule has 2 aromatic rings. The van der Waals surface area contributed by atoms with Gasteiger partial charge in [-0.2, -0.15) is 0 Å². The molecule has 138 valence electrons. The summed E-state index contributed by atoms with van der Waals surface area (Å²) in [5, 5.41) is 3.04. The molecule has 0 saturated carbocycles. The zero-order valence-electron chi connectivity index (χ0n) is 15.7. The standard InChI is InChI=1S/C22H29N3O/c1-16-11-13-25(14-12-16)20-10-6-9-19(15-20)24-22(26)17(2)21(23)18-7-4-3-5-8-18/h3-10,15-17,21H,11-14,23H2,1-2H3,(H,24,26). The number of amides is 1. The molecule has 0 spiro atoms. The van der Waals surface area contributed by atoms with Gasteiger partial charge in [-0.3, -0.25) is 4.79 Å². The fourth-order valence-electron chi connectivity index (χ4n) is 3.43. The number of hydrogen-bond donors (Lipinski definition) is 2. The lowest BCUT2D eigenvalue weighted by Gasteiger charge is -2.32. The Morgan fingerprint density at radius 2 is 1.81 bits per heavy atom. The lowest BCUT2D eigenvalue weighted by molar-refractivity contribution is -0.120. The van der Waals surface area contributed by atoms with Crippen molar-refractivity contribution in [2.24, 2.45) is 17.6 Å². The smallest absolute Gasteiger partial charge is 0.229 e. The Bertz CT molecular complexity index is 723. The molecule has 3 N–H and O–H groups in total. The van der Waals surface area contributed by atoms with E-state index in [1.807, 2.05) is 49.4 Å². The second-order valence-corrected chi connectivity index (χ2v) is 7.43. The minimum atomic E-state index is -0.317. The molecular formula is C22H29N3O. The van der Waals surface area contributed by atoms with Crippen LogP contribution in [0.5, 0.6) is 0 Å². The summed E-state index contributed by atoms with van der Waals surface area (Å²) in [5.74, 6) is 0.442. The molecule has 1 fully saturated rings. The van der Waals surface area contributed by atoms with Crippen molar-refractivity contribution < 1.29 is 4.79 Å². The van der Waals surface area contributed by atoms with Crippen LogP contribution in [-0.4, -0.2) is 19.0 Å². The number of nitrogens with two attached hydrogens (primary N) is 1. The topological polar surface area (TPSA) is 58.4 Å². The number of piperidine rings is 1. The Balaban J connectivity index is 1.65. The predicted molar refractivity (Wildman–Crippen MR) is 108 cm³/mol. The fraction of sp³-hybridized carbons (Fsp3) is 0.409. The van der Waals surface area contributed by atoms with Crippen molar-refractivity contribution in [2.75, 3.05) is 23.3 Å². The van der Waals surface area contributed by atoms with E-state index >= 15 is 0 Å². The molecule has 1 heterocycles. The van der Waals surface area contributed by atoms with Crippen LogP contribution in [-0.2, 0) is 4.79 Å². The fourth-order valence-corrected chi connectivity index (χ4v) is 3.43. The van der Waals surface area contributed by atoms with Gasteiger partial charge in [0.05, 0.1) is 5.92 Å². The van der Waals surface area contributed by atoms with E-state index in [2.05, 4.69) is 29.3 Å². The van der Waals surface area contributed by atoms with Crippen molar-refractivity contribution in [1.29, 1.82) is 0 Å². The molecule has 2 unspecified atom stereocenters. The maximum atomic E-state index is 12.7. The number of anilines is 2. The van der Waals surface area contributed by atoms with Crippen LogP contribution in [0.4, 0.5) is 11.4 Å². The van der Waals surface area contributed by atoms with Crippen LogP contribution in [0.1, 0.15) is 38.3 Å². The zero-order valence-corrected chi connectivity index (χ0v) is 15.7. The van der Waals surface area contributed by atoms with Crippen LogP contribution in [0, 0.1) is 11.8 Å². The van der Waals surface area contributed by atoms with E-state index in [0.29, 0.717) is 0 Å². The van der Waals surface area contributed by atoms with Gasteiger partial charge in [0.25, 0.3) is 0 Å². The Morgan fingerprint density at radius 1 is 1.12 bits per heavy atom. The third kappa shape index (κ3) is 4.44. The van der Waals surface area contributed by atoms with Crippen LogP contribution in [0.3, 0.4) is 0 Å². The number of rotatable bonds is 5. The minimum Gasteiger partial charge on any atom is -0.371 e. The van der Waals surface area contributed by atoms with Crippen LogP contribution >= 0.6 is 0 Å². The maximum absolute atomic E-state index is 12.7. The van der Waals surface area contributed by atoms with Crippen molar-refractivity contribution >= 4 is 17.3 Å². The largest absolute Gasteiger partial charge is 0.371 e. The SMILES string of the molecule is CC1CCN(c2cccc(NC(=O)C(C)C(N)c3ccccc3)c2)CC1. The summed E-state index contributed by atoms with van der Waals surface area (Å²) in [4.78, 5) is 15.1. The molecule has 4 nitrogen and oxygen atoms in total. The second-order valence-electron chi connectivity index (χ2n) is 7.43. The van der Waals surface area contributed by atoms with Gasteiger partial charge < -0.3 is 16.0 Å². The third-order valence-corrected chi connectivity index (χ3v) is 5.40. The molecule has 0 aromatic heterocycles. The first-order chi connectivity index (χ1) is 12.5. The van der Waals surface area contributed by atoms with Crippen molar-refractivity contribution in [1.82, 2.24) is 0 Å². The average molecular weight is 351 g/mol. The van der Waals surface area contributed by atoms with E-state index in [1.54, 1.807) is 0 Å². The Hall–Kier alpha value is -2.33. The Kier molecular flexibility index (Phi) is 5.94. The summed E-state index contributed by atoms with van der Waals surface area (Å²) in [6, 6.07) is 17.6. The van der Waals surface area contributed by atoms with Crippen LogP contribution in [0.15, 0.2) is 54.6 Å². The summed E-state index contributed by atoms with van der Waals surface area (Å²) < 4.78 is 0. The van der Waals surface area contributed by atoms with Crippen molar-refractivity contribution in [3.05, 3.63) is 60.2 Å². The number of benzene rings is 2. The molecule has 4 heteroatoms. The van der Waals surface area contributed by atoms with Gasteiger partial charge in [0.2, 0.25) is 5.91 Å². The first-order valence-corrected chi connectivity index (χ1v) is 9.51. The molecule has 1 saturated heterocycles. The highest BCUT2D eigenvalue weighted by atomic mass is 16.1. The first kappa shape index (κ1) is 18.5. The summed E-state index contributed by atoms with van der Waals surface area (Å²) in [5.41, 5.74) is 9.27. The Morgan fingerprint density at radius 3 is 2.50 bits per heavy atom. The molecule has 2 atom stereocenters. The molecule has 1 aliphatic rings. The van der Waals surface area contributed by atoms with Gasteiger partial charge in [-0.1, -0.05) is 50.2 Å². The second kappa shape index (κ2) is 8.37. The molecular weight excluding hydrogens is 322 g/mol. The van der Waals surface area contributed by atoms with E-state index in [1.165, 1.54) is 18.5 Å². The van der Waals surface area contributed by atoms with E-state index in [0.717, 1.165) is 30.3 Å². The Labute approximate surface area is 156 Å². The quantitative estimate of drug-likeness (QED) is 0.849. The lowest BCUT2D eigenvalue weighted by Crippen LogP contribution is -2.33. The van der Waals surface area contributed by atoms with E-state index in [4.69, 9.17) is 5.73 Å². The third-order valence-electron chi connectivity index (χ3n) is 5.40. The molecule has 26 heavy (non-hydrogen) atoms. The molecule has 1 amide bonds. The highest BCUT2D eigenvalue weighted by Crippen LogP contribution is 2.26. The zero-order chi connectivity index (χ0) is 18.5. The van der Waals surface area contributed by atoms with E-state index in [-0.39, 0.29) is 17.9 Å². The van der Waals surface area contributed by atoms with Gasteiger partial charge in [0.1, 0.15) is 0 Å². The van der Waals surface area contributed by atoms with Crippen LogP contribution in [0.25, 0.3) is 0 Å². The van der Waals surface area contributed by atoms with E-state index in [9.17, 15) is 4.79 Å². The first-order valence-electron chi connectivity index (χ1n) is 9.51. The molecule has 0 bridgehead atoms. The van der Waals surface area contributed by atoms with E-state index < -0.39 is 0 Å². The highest BCUT2D eigenvalue weighted by molar-refractivity contribution is 5.93. The van der Waals surface area contributed by atoms with Crippen molar-refractivity contribution in [2.45, 2.75) is 32.7 Å². The van der Waals surface area contributed by atoms with Crippen molar-refractivity contribution in [3.63, 3.8) is 0 Å². The van der Waals surface area contributed by atoms with Gasteiger partial charge in [0, 0.05) is 30.5 Å². The van der Waals surface area contributed by atoms with Gasteiger partial charge in [-0.05, 0) is 42.5 Å². The molecule has 3 rings (SSSR count). The van der Waals surface area contributed by atoms with Gasteiger partial charge >= 0.3 is 0 Å². The molecule has 0 radical (unpaired) electrons. The average Bonchev–Trinajstić information content (AvgIpc) is 2.68. The monoisotopic (exact) mass is 351 g/mol. The molecule has 0 aliphatic carbocycles. The van der Waals surface area contributed by atoms with Gasteiger partial charge in [-0.25, -0.2) is 0 Å². The summed E-state index contributed by atoms with van der Waals surface area (Å²) in [6.07, 6.45) is 2.44. The number of nitrogens with zero attached hydrogens (tertiary/aromatic N) is 1. The minimum absolute atomic E-state index is 0.0502. The highest BCUT2D eigenvalue weighted by Gasteiger charge is 2.22. The summed E-state index contributed by atoms with van der Waals surface area (Å²) >= 11 is 0. The molecule has 2 aromatic carbocycles. The van der Waals surface area contributed by atoms with Crippen LogP contribution < -0.4 is 16.0 Å². The van der Waals surface area contributed by atoms with Crippen LogP contribution in [0.2, 0.25) is 0 Å². The van der Waals surface area contributed by atoms with Crippen molar-refractivity contribution in [3.8, 4) is 0 Å². The maximum Gasteiger partial charge on any atom is 0.229 e. The normalized spacial score (nSPS) is 17.6. The predicted octanol–water partition coefficient (Wildman–Crippen LogP) is 4.20. The summed E-state index contributed by atoms with van der Waals surface area (Å²) in [7, 11) is 0. The van der Waals surface area contributed by atoms with Gasteiger partial charge in [-0.15, -0.1) is 0 Å². The van der Waals surface area contributed by atoms with Gasteiger partial charge in [0.15, 0.2) is 0 Å². The summed E-state index contributed by atoms with van der Waals surface area (Å²) in [6.45, 7) is 6.34. The number of hydrogen-bond acceptors (Lipinski definition) is 3. The number of carbonyl (C=O) groups is 1.